The molecule has 0 aromatic heterocycles. The first kappa shape index (κ1) is 17.3. The van der Waals surface area contributed by atoms with Crippen molar-refractivity contribution in [2.24, 2.45) is 0 Å². The summed E-state index contributed by atoms with van der Waals surface area (Å²) in [5.41, 5.74) is 1.53. The second-order valence-corrected chi connectivity index (χ2v) is 6.56. The van der Waals surface area contributed by atoms with Crippen LogP contribution >= 0.6 is 0 Å². The average molecular weight is 339 g/mol. The smallest absolute Gasteiger partial charge is 0.258 e. The molecule has 0 saturated heterocycles. The van der Waals surface area contributed by atoms with Gasteiger partial charge in [0.15, 0.2) is 0 Å². The maximum absolute atomic E-state index is 13.2. The fraction of sp³-hybridized carbons (Fsp3) is 0.381. The molecule has 4 heteroatoms. The van der Waals surface area contributed by atoms with E-state index in [9.17, 15) is 9.90 Å². The Morgan fingerprint density at radius 3 is 2.56 bits per heavy atom. The number of phenolic OH excluding ortho intramolecular Hbond substituents is 1. The third kappa shape index (κ3) is 4.13. The second kappa shape index (κ2) is 8.06. The number of benzene rings is 2. The molecule has 2 aromatic carbocycles. The minimum absolute atomic E-state index is 0.00788. The highest BCUT2D eigenvalue weighted by Gasteiger charge is 2.28. The molecule has 1 fully saturated rings. The van der Waals surface area contributed by atoms with Crippen LogP contribution in [0.4, 0.5) is 0 Å². The molecule has 1 amide bonds. The van der Waals surface area contributed by atoms with Gasteiger partial charge >= 0.3 is 0 Å². The fourth-order valence-electron chi connectivity index (χ4n) is 3.53. The minimum Gasteiger partial charge on any atom is -0.507 e. The van der Waals surface area contributed by atoms with Gasteiger partial charge in [-0.3, -0.25) is 4.79 Å². The molecule has 3 rings (SSSR count). The molecule has 0 spiro atoms. The summed E-state index contributed by atoms with van der Waals surface area (Å²) in [4.78, 5) is 15.1. The van der Waals surface area contributed by atoms with Crippen LogP contribution in [0.5, 0.6) is 11.5 Å². The van der Waals surface area contributed by atoms with E-state index in [0.717, 1.165) is 32.1 Å². The van der Waals surface area contributed by atoms with Crippen LogP contribution < -0.4 is 4.74 Å². The van der Waals surface area contributed by atoms with Crippen molar-refractivity contribution in [1.82, 2.24) is 4.90 Å². The molecule has 0 unspecified atom stereocenters. The summed E-state index contributed by atoms with van der Waals surface area (Å²) in [6, 6.07) is 15.3. The molecule has 25 heavy (non-hydrogen) atoms. The summed E-state index contributed by atoms with van der Waals surface area (Å²) in [7, 11) is 1.56. The van der Waals surface area contributed by atoms with Crippen LogP contribution in [0.2, 0.25) is 0 Å². The van der Waals surface area contributed by atoms with Gasteiger partial charge in [0.2, 0.25) is 0 Å². The van der Waals surface area contributed by atoms with Crippen molar-refractivity contribution < 1.29 is 14.6 Å². The van der Waals surface area contributed by atoms with E-state index >= 15 is 0 Å². The van der Waals surface area contributed by atoms with Crippen molar-refractivity contribution in [3.63, 3.8) is 0 Å². The number of carbonyl (C=O) groups is 1. The Morgan fingerprint density at radius 1 is 1.16 bits per heavy atom. The zero-order valence-corrected chi connectivity index (χ0v) is 14.6. The molecule has 1 N–H and O–H groups in total. The molecule has 132 valence electrons. The van der Waals surface area contributed by atoms with Gasteiger partial charge in [-0.25, -0.2) is 0 Å². The summed E-state index contributed by atoms with van der Waals surface area (Å²) in [5.74, 6) is 0.475. The Labute approximate surface area is 149 Å². The molecule has 0 bridgehead atoms. The van der Waals surface area contributed by atoms with Crippen molar-refractivity contribution in [1.29, 1.82) is 0 Å². The van der Waals surface area contributed by atoms with Gasteiger partial charge in [-0.15, -0.1) is 0 Å². The monoisotopic (exact) mass is 339 g/mol. The Kier molecular flexibility index (Phi) is 5.59. The highest BCUT2D eigenvalue weighted by atomic mass is 16.5. The van der Waals surface area contributed by atoms with Gasteiger partial charge in [-0.05, 0) is 43.0 Å². The lowest BCUT2D eigenvalue weighted by Gasteiger charge is -2.29. The van der Waals surface area contributed by atoms with Crippen molar-refractivity contribution in [3.05, 3.63) is 59.7 Å². The molecule has 1 aliphatic rings. The molecule has 0 radical (unpaired) electrons. The van der Waals surface area contributed by atoms with Crippen molar-refractivity contribution in [2.45, 2.75) is 38.1 Å². The Hall–Kier alpha value is -2.49. The molecule has 0 heterocycles. The molecule has 1 aliphatic carbocycles. The molecule has 0 atom stereocenters. The van der Waals surface area contributed by atoms with E-state index < -0.39 is 0 Å². The zero-order valence-electron chi connectivity index (χ0n) is 14.6. The predicted molar refractivity (Wildman–Crippen MR) is 98.1 cm³/mol. The molecule has 0 aliphatic heterocycles. The van der Waals surface area contributed by atoms with Crippen LogP contribution in [0.1, 0.15) is 41.6 Å². The normalized spacial score (nSPS) is 14.4. The molecular weight excluding hydrogens is 314 g/mol. The van der Waals surface area contributed by atoms with Crippen LogP contribution in [-0.2, 0) is 6.42 Å². The highest BCUT2D eigenvalue weighted by molar-refractivity contribution is 5.97. The highest BCUT2D eigenvalue weighted by Crippen LogP contribution is 2.29. The standard InChI is InChI=1S/C21H25NO3/c1-25-18-11-12-20(23)19(15-18)21(24)22(17-9-5-6-10-17)14-13-16-7-3-2-4-8-16/h2-4,7-8,11-12,15,17,23H,5-6,9-10,13-14H2,1H3. The van der Waals surface area contributed by atoms with Gasteiger partial charge in [0.1, 0.15) is 11.5 Å². The lowest BCUT2D eigenvalue weighted by atomic mass is 10.1. The number of ether oxygens (including phenoxy) is 1. The summed E-state index contributed by atoms with van der Waals surface area (Å²) in [6.07, 6.45) is 5.19. The topological polar surface area (TPSA) is 49.8 Å². The third-order valence-corrected chi connectivity index (χ3v) is 4.94. The number of aromatic hydroxyl groups is 1. The number of phenols is 1. The SMILES string of the molecule is COc1ccc(O)c(C(=O)N(CCc2ccccc2)C2CCCC2)c1. The lowest BCUT2D eigenvalue weighted by molar-refractivity contribution is 0.0680. The fourth-order valence-corrected chi connectivity index (χ4v) is 3.53. The zero-order chi connectivity index (χ0) is 17.6. The number of carbonyl (C=O) groups excluding carboxylic acids is 1. The van der Waals surface area contributed by atoms with Crippen LogP contribution in [0.15, 0.2) is 48.5 Å². The van der Waals surface area contributed by atoms with Gasteiger partial charge in [0.05, 0.1) is 12.7 Å². The predicted octanol–water partition coefficient (Wildman–Crippen LogP) is 4.03. The largest absolute Gasteiger partial charge is 0.507 e. The number of nitrogens with zero attached hydrogens (tertiary/aromatic N) is 1. The third-order valence-electron chi connectivity index (χ3n) is 4.94. The average Bonchev–Trinajstić information content (AvgIpc) is 3.17. The maximum atomic E-state index is 13.2. The quantitative estimate of drug-likeness (QED) is 0.864. The van der Waals surface area contributed by atoms with Gasteiger partial charge in [-0.1, -0.05) is 43.2 Å². The first-order chi connectivity index (χ1) is 12.2. The number of methoxy groups -OCH3 is 1. The molecular formula is C21H25NO3. The minimum atomic E-state index is -0.112. The van der Waals surface area contributed by atoms with E-state index in [4.69, 9.17) is 4.74 Å². The van der Waals surface area contributed by atoms with Crippen molar-refractivity contribution >= 4 is 5.91 Å². The van der Waals surface area contributed by atoms with Crippen molar-refractivity contribution in [2.75, 3.05) is 13.7 Å². The Bertz CT molecular complexity index is 708. The van der Waals surface area contributed by atoms with E-state index in [1.807, 2.05) is 23.1 Å². The molecule has 1 saturated carbocycles. The summed E-state index contributed by atoms with van der Waals surface area (Å²) < 4.78 is 5.21. The van der Waals surface area contributed by atoms with Crippen LogP contribution in [-0.4, -0.2) is 35.6 Å². The Morgan fingerprint density at radius 2 is 1.88 bits per heavy atom. The van der Waals surface area contributed by atoms with Crippen LogP contribution in [0, 0.1) is 0 Å². The van der Waals surface area contributed by atoms with Gasteiger partial charge in [0, 0.05) is 12.6 Å². The lowest BCUT2D eigenvalue weighted by Crippen LogP contribution is -2.40. The number of hydrogen-bond acceptors (Lipinski definition) is 3. The van der Waals surface area contributed by atoms with Crippen molar-refractivity contribution in [3.8, 4) is 11.5 Å². The van der Waals surface area contributed by atoms with E-state index in [0.29, 0.717) is 17.9 Å². The van der Waals surface area contributed by atoms with Crippen LogP contribution in [0.25, 0.3) is 0 Å². The Balaban J connectivity index is 1.82. The first-order valence-electron chi connectivity index (χ1n) is 8.91. The van der Waals surface area contributed by atoms with Gasteiger partial charge in [-0.2, -0.15) is 0 Å². The van der Waals surface area contributed by atoms with E-state index in [1.54, 1.807) is 19.2 Å². The second-order valence-electron chi connectivity index (χ2n) is 6.56. The first-order valence-corrected chi connectivity index (χ1v) is 8.91. The number of hydrogen-bond donors (Lipinski definition) is 1. The number of amides is 1. The van der Waals surface area contributed by atoms with E-state index in [-0.39, 0.29) is 17.7 Å². The van der Waals surface area contributed by atoms with Gasteiger partial charge in [0.25, 0.3) is 5.91 Å². The van der Waals surface area contributed by atoms with E-state index in [1.165, 1.54) is 11.6 Å². The summed E-state index contributed by atoms with van der Waals surface area (Å²) in [6.45, 7) is 0.657. The van der Waals surface area contributed by atoms with Crippen LogP contribution in [0.3, 0.4) is 0 Å². The maximum Gasteiger partial charge on any atom is 0.258 e. The summed E-state index contributed by atoms with van der Waals surface area (Å²) in [5, 5.41) is 10.2. The van der Waals surface area contributed by atoms with Gasteiger partial charge < -0.3 is 14.7 Å². The summed E-state index contributed by atoms with van der Waals surface area (Å²) >= 11 is 0. The number of rotatable bonds is 6. The molecule has 2 aromatic rings. The van der Waals surface area contributed by atoms with E-state index in [2.05, 4.69) is 12.1 Å². The molecule has 4 nitrogen and oxygen atoms in total.